The van der Waals surface area contributed by atoms with E-state index in [0.717, 1.165) is 45.3 Å². The first-order valence-electron chi connectivity index (χ1n) is 8.51. The normalized spacial score (nSPS) is 22.3. The van der Waals surface area contributed by atoms with E-state index in [9.17, 15) is 4.79 Å². The lowest BCUT2D eigenvalue weighted by Gasteiger charge is -2.33. The number of aliphatic hydroxyl groups is 1. The molecule has 0 bridgehead atoms. The van der Waals surface area contributed by atoms with E-state index in [-0.39, 0.29) is 12.5 Å². The fourth-order valence-electron chi connectivity index (χ4n) is 3.34. The van der Waals surface area contributed by atoms with Crippen LogP contribution >= 0.6 is 0 Å². The van der Waals surface area contributed by atoms with Crippen molar-refractivity contribution in [1.29, 1.82) is 0 Å². The minimum absolute atomic E-state index is 0.0925. The lowest BCUT2D eigenvalue weighted by Crippen LogP contribution is -2.47. The van der Waals surface area contributed by atoms with Crippen LogP contribution in [0.2, 0.25) is 0 Å². The highest BCUT2D eigenvalue weighted by Crippen LogP contribution is 2.24. The molecule has 1 heterocycles. The smallest absolute Gasteiger partial charge is 0.223 e. The largest absolute Gasteiger partial charge is 0.394 e. The number of nitrogens with zero attached hydrogens (tertiary/aromatic N) is 1. The van der Waals surface area contributed by atoms with Crippen LogP contribution in [0.5, 0.6) is 0 Å². The quantitative estimate of drug-likeness (QED) is 0.692. The Morgan fingerprint density at radius 3 is 2.48 bits per heavy atom. The van der Waals surface area contributed by atoms with Crippen LogP contribution in [0.3, 0.4) is 0 Å². The maximum Gasteiger partial charge on any atom is 0.223 e. The second-order valence-electron chi connectivity index (χ2n) is 6.30. The molecule has 1 amide bonds. The van der Waals surface area contributed by atoms with E-state index in [0.29, 0.717) is 25.2 Å². The number of piperidine rings is 1. The molecule has 0 spiro atoms. The van der Waals surface area contributed by atoms with Gasteiger partial charge in [-0.25, -0.2) is 0 Å². The third-order valence-corrected chi connectivity index (χ3v) is 4.70. The number of likely N-dealkylation sites (tertiary alicyclic amines) is 1. The molecule has 0 radical (unpaired) electrons. The summed E-state index contributed by atoms with van der Waals surface area (Å²) < 4.78 is 5.29. The zero-order valence-corrected chi connectivity index (χ0v) is 13.1. The topological polar surface area (TPSA) is 61.8 Å². The zero-order valence-electron chi connectivity index (χ0n) is 13.1. The van der Waals surface area contributed by atoms with E-state index in [1.165, 1.54) is 19.3 Å². The summed E-state index contributed by atoms with van der Waals surface area (Å²) in [4.78, 5) is 14.6. The van der Waals surface area contributed by atoms with E-state index in [2.05, 4.69) is 10.2 Å². The van der Waals surface area contributed by atoms with Gasteiger partial charge in [0.15, 0.2) is 0 Å². The molecule has 21 heavy (non-hydrogen) atoms. The van der Waals surface area contributed by atoms with Gasteiger partial charge in [-0.15, -0.1) is 0 Å². The maximum absolute atomic E-state index is 12.2. The van der Waals surface area contributed by atoms with Crippen LogP contribution in [0.1, 0.15) is 44.9 Å². The van der Waals surface area contributed by atoms with Crippen LogP contribution in [0.4, 0.5) is 0 Å². The SMILES string of the molecule is O=C(NC1CCN(CCOCCO)CC1)C1CCCCC1. The summed E-state index contributed by atoms with van der Waals surface area (Å²) in [7, 11) is 0. The van der Waals surface area contributed by atoms with E-state index in [4.69, 9.17) is 9.84 Å². The first-order chi connectivity index (χ1) is 10.3. The average molecular weight is 298 g/mol. The Hall–Kier alpha value is -0.650. The molecule has 0 aromatic heterocycles. The molecule has 2 fully saturated rings. The molecule has 0 aromatic carbocycles. The fourth-order valence-corrected chi connectivity index (χ4v) is 3.34. The monoisotopic (exact) mass is 298 g/mol. The predicted octanol–water partition coefficient (Wildman–Crippen LogP) is 1.16. The molecule has 2 rings (SSSR count). The van der Waals surface area contributed by atoms with Crippen LogP contribution in [-0.2, 0) is 9.53 Å². The number of carbonyl (C=O) groups is 1. The van der Waals surface area contributed by atoms with Crippen LogP contribution in [-0.4, -0.2) is 61.4 Å². The molecule has 1 saturated heterocycles. The van der Waals surface area contributed by atoms with Crippen molar-refractivity contribution >= 4 is 5.91 Å². The van der Waals surface area contributed by atoms with Gasteiger partial charge in [-0.2, -0.15) is 0 Å². The summed E-state index contributed by atoms with van der Waals surface area (Å²) in [6, 6.07) is 0.356. The van der Waals surface area contributed by atoms with Crippen molar-refractivity contribution in [3.05, 3.63) is 0 Å². The van der Waals surface area contributed by atoms with Crippen LogP contribution < -0.4 is 5.32 Å². The van der Waals surface area contributed by atoms with Gasteiger partial charge in [0.2, 0.25) is 5.91 Å². The van der Waals surface area contributed by atoms with Crippen LogP contribution in [0.25, 0.3) is 0 Å². The number of hydrogen-bond acceptors (Lipinski definition) is 4. The summed E-state index contributed by atoms with van der Waals surface area (Å²) in [5.74, 6) is 0.558. The average Bonchev–Trinajstić information content (AvgIpc) is 2.54. The van der Waals surface area contributed by atoms with Crippen molar-refractivity contribution in [3.8, 4) is 0 Å². The lowest BCUT2D eigenvalue weighted by molar-refractivity contribution is -0.127. The lowest BCUT2D eigenvalue weighted by atomic mass is 9.88. The third kappa shape index (κ3) is 5.93. The van der Waals surface area contributed by atoms with Gasteiger partial charge in [-0.3, -0.25) is 4.79 Å². The molecule has 2 N–H and O–H groups in total. The van der Waals surface area contributed by atoms with Gasteiger partial charge in [0.1, 0.15) is 0 Å². The van der Waals surface area contributed by atoms with Crippen molar-refractivity contribution in [2.45, 2.75) is 51.0 Å². The molecule has 1 aliphatic heterocycles. The van der Waals surface area contributed by atoms with Crippen molar-refractivity contribution in [1.82, 2.24) is 10.2 Å². The van der Waals surface area contributed by atoms with E-state index >= 15 is 0 Å². The van der Waals surface area contributed by atoms with Crippen LogP contribution in [0.15, 0.2) is 0 Å². The van der Waals surface area contributed by atoms with Gasteiger partial charge in [-0.05, 0) is 25.7 Å². The summed E-state index contributed by atoms with van der Waals surface area (Å²) in [6.07, 6.45) is 7.95. The molecule has 5 heteroatoms. The molecule has 5 nitrogen and oxygen atoms in total. The second-order valence-corrected chi connectivity index (χ2v) is 6.30. The van der Waals surface area contributed by atoms with Gasteiger partial charge in [0, 0.05) is 31.6 Å². The first-order valence-corrected chi connectivity index (χ1v) is 8.51. The maximum atomic E-state index is 12.2. The Morgan fingerprint density at radius 1 is 1.10 bits per heavy atom. The number of rotatable bonds is 7. The van der Waals surface area contributed by atoms with Gasteiger partial charge in [0.25, 0.3) is 0 Å². The van der Waals surface area contributed by atoms with E-state index in [1.54, 1.807) is 0 Å². The summed E-state index contributed by atoms with van der Waals surface area (Å²) in [5, 5.41) is 11.9. The highest BCUT2D eigenvalue weighted by atomic mass is 16.5. The number of nitrogens with one attached hydrogen (secondary N) is 1. The van der Waals surface area contributed by atoms with E-state index < -0.39 is 0 Å². The minimum atomic E-state index is 0.0925. The molecule has 1 saturated carbocycles. The predicted molar refractivity (Wildman–Crippen MR) is 82.1 cm³/mol. The third-order valence-electron chi connectivity index (χ3n) is 4.70. The molecule has 122 valence electrons. The molecular weight excluding hydrogens is 268 g/mol. The van der Waals surface area contributed by atoms with Gasteiger partial charge in [0.05, 0.1) is 19.8 Å². The summed E-state index contributed by atoms with van der Waals surface area (Å²) in [5.41, 5.74) is 0. The molecular formula is C16H30N2O3. The highest BCUT2D eigenvalue weighted by molar-refractivity contribution is 5.79. The van der Waals surface area contributed by atoms with E-state index in [1.807, 2.05) is 0 Å². The number of hydrogen-bond donors (Lipinski definition) is 2. The Balaban J connectivity index is 1.59. The molecule has 2 aliphatic rings. The van der Waals surface area contributed by atoms with Crippen molar-refractivity contribution in [2.75, 3.05) is 39.5 Å². The first kappa shape index (κ1) is 16.7. The van der Waals surface area contributed by atoms with Crippen molar-refractivity contribution in [3.63, 3.8) is 0 Å². The van der Waals surface area contributed by atoms with Crippen LogP contribution in [0, 0.1) is 5.92 Å². The summed E-state index contributed by atoms with van der Waals surface area (Å²) in [6.45, 7) is 4.17. The molecule has 0 unspecified atom stereocenters. The van der Waals surface area contributed by atoms with Crippen molar-refractivity contribution in [2.24, 2.45) is 5.92 Å². The fraction of sp³-hybridized carbons (Fsp3) is 0.938. The Bertz CT molecular complexity index is 298. The van der Waals surface area contributed by atoms with Gasteiger partial charge >= 0.3 is 0 Å². The molecule has 0 atom stereocenters. The van der Waals surface area contributed by atoms with Gasteiger partial charge < -0.3 is 20.1 Å². The minimum Gasteiger partial charge on any atom is -0.394 e. The van der Waals surface area contributed by atoms with Gasteiger partial charge in [-0.1, -0.05) is 19.3 Å². The number of amides is 1. The number of ether oxygens (including phenoxy) is 1. The second kappa shape index (κ2) is 9.38. The van der Waals surface area contributed by atoms with Crippen molar-refractivity contribution < 1.29 is 14.6 Å². The highest BCUT2D eigenvalue weighted by Gasteiger charge is 2.25. The zero-order chi connectivity index (χ0) is 14.9. The summed E-state index contributed by atoms with van der Waals surface area (Å²) >= 11 is 0. The Labute approximate surface area is 128 Å². The number of carbonyl (C=O) groups excluding carboxylic acids is 1. The standard InChI is InChI=1S/C16H30N2O3/c19-11-13-21-12-10-18-8-6-15(7-9-18)17-16(20)14-4-2-1-3-5-14/h14-15,19H,1-13H2,(H,17,20). The Kier molecular flexibility index (Phi) is 7.47. The number of aliphatic hydroxyl groups excluding tert-OH is 1. The molecule has 0 aromatic rings. The molecule has 1 aliphatic carbocycles. The Morgan fingerprint density at radius 2 is 1.81 bits per heavy atom.